The molecule has 0 aliphatic heterocycles. The van der Waals surface area contributed by atoms with E-state index >= 15 is 0 Å². The largest absolute Gasteiger partial charge is 0.506 e. The standard InChI is InChI=1S/C33H33N3O5/c1-40-31-14-10-25(18-28(31)23-6-2-22(19-34)3-7-23)41-24-8-4-21(5-9-24)16-17-35-20-30(38)26-11-13-29(37)33-27(26)12-15-32(39)36-33/h2-15,18,30,35,37-38H,16-17,19-20,34H2,1H3,(H,36,39). The number of methoxy groups -OCH3 is 1. The van der Waals surface area contributed by atoms with Crippen molar-refractivity contribution < 1.29 is 19.7 Å². The van der Waals surface area contributed by atoms with Gasteiger partial charge in [0.1, 0.15) is 23.0 Å². The predicted octanol–water partition coefficient (Wildman–Crippen LogP) is 5.03. The van der Waals surface area contributed by atoms with E-state index in [1.165, 1.54) is 12.1 Å². The Labute approximate surface area is 238 Å². The zero-order chi connectivity index (χ0) is 28.8. The Morgan fingerprint density at radius 2 is 1.63 bits per heavy atom. The number of aliphatic hydroxyl groups is 1. The van der Waals surface area contributed by atoms with Crippen LogP contribution in [-0.4, -0.2) is 35.4 Å². The number of nitrogens with one attached hydrogen (secondary N) is 2. The van der Waals surface area contributed by atoms with Crippen molar-refractivity contribution in [3.05, 3.63) is 118 Å². The van der Waals surface area contributed by atoms with E-state index in [1.54, 1.807) is 19.2 Å². The van der Waals surface area contributed by atoms with Crippen LogP contribution in [-0.2, 0) is 13.0 Å². The zero-order valence-corrected chi connectivity index (χ0v) is 22.8. The third kappa shape index (κ3) is 6.58. The molecule has 5 rings (SSSR count). The molecule has 0 bridgehead atoms. The summed E-state index contributed by atoms with van der Waals surface area (Å²) >= 11 is 0. The number of rotatable bonds is 11. The van der Waals surface area contributed by atoms with E-state index in [4.69, 9.17) is 15.2 Å². The summed E-state index contributed by atoms with van der Waals surface area (Å²) in [6.45, 7) is 1.49. The van der Waals surface area contributed by atoms with Crippen LogP contribution in [0.15, 0.2) is 95.8 Å². The SMILES string of the molecule is COc1ccc(Oc2ccc(CCNCC(O)c3ccc(O)c4[nH]c(=O)ccc34)cc2)cc1-c1ccc(CN)cc1. The quantitative estimate of drug-likeness (QED) is 0.146. The number of aliphatic hydroxyl groups excluding tert-OH is 1. The molecule has 0 amide bonds. The number of H-pyrrole nitrogens is 1. The Morgan fingerprint density at radius 1 is 0.902 bits per heavy atom. The number of ether oxygens (including phenoxy) is 2. The van der Waals surface area contributed by atoms with Crippen molar-refractivity contribution in [3.63, 3.8) is 0 Å². The number of hydrogen-bond donors (Lipinski definition) is 5. The number of fused-ring (bicyclic) bond motifs is 1. The molecule has 1 heterocycles. The smallest absolute Gasteiger partial charge is 0.248 e. The van der Waals surface area contributed by atoms with Crippen molar-refractivity contribution in [1.29, 1.82) is 0 Å². The highest BCUT2D eigenvalue weighted by atomic mass is 16.5. The molecule has 6 N–H and O–H groups in total. The highest BCUT2D eigenvalue weighted by Gasteiger charge is 2.14. The van der Waals surface area contributed by atoms with Gasteiger partial charge < -0.3 is 35.7 Å². The first-order chi connectivity index (χ1) is 19.9. The molecule has 41 heavy (non-hydrogen) atoms. The Bertz CT molecular complexity index is 1680. The monoisotopic (exact) mass is 551 g/mol. The van der Waals surface area contributed by atoms with Gasteiger partial charge >= 0.3 is 0 Å². The maximum atomic E-state index is 11.6. The molecule has 5 aromatic rings. The number of hydrogen-bond acceptors (Lipinski definition) is 7. The first kappa shape index (κ1) is 27.9. The van der Waals surface area contributed by atoms with E-state index in [9.17, 15) is 15.0 Å². The summed E-state index contributed by atoms with van der Waals surface area (Å²) in [6, 6.07) is 27.9. The fourth-order valence-corrected chi connectivity index (χ4v) is 4.79. The van der Waals surface area contributed by atoms with Crippen molar-refractivity contribution in [1.82, 2.24) is 10.3 Å². The molecular formula is C33H33N3O5. The number of aromatic nitrogens is 1. The van der Waals surface area contributed by atoms with Gasteiger partial charge in [0.2, 0.25) is 5.56 Å². The van der Waals surface area contributed by atoms with E-state index in [-0.39, 0.29) is 11.3 Å². The van der Waals surface area contributed by atoms with Gasteiger partial charge in [-0.1, -0.05) is 42.5 Å². The van der Waals surface area contributed by atoms with Crippen LogP contribution in [0.1, 0.15) is 22.8 Å². The highest BCUT2D eigenvalue weighted by molar-refractivity contribution is 5.87. The predicted molar refractivity (Wildman–Crippen MR) is 161 cm³/mol. The third-order valence-corrected chi connectivity index (χ3v) is 7.02. The lowest BCUT2D eigenvalue weighted by molar-refractivity contribution is 0.176. The molecule has 0 spiro atoms. The van der Waals surface area contributed by atoms with Gasteiger partial charge in [-0.3, -0.25) is 4.79 Å². The van der Waals surface area contributed by atoms with E-state index < -0.39 is 6.10 Å². The zero-order valence-electron chi connectivity index (χ0n) is 22.8. The Kier molecular flexibility index (Phi) is 8.64. The van der Waals surface area contributed by atoms with Gasteiger partial charge in [-0.25, -0.2) is 0 Å². The molecule has 8 heteroatoms. The second-order valence-corrected chi connectivity index (χ2v) is 9.76. The minimum atomic E-state index is -0.798. The Hall–Kier alpha value is -4.63. The summed E-state index contributed by atoms with van der Waals surface area (Å²) < 4.78 is 11.7. The van der Waals surface area contributed by atoms with Crippen LogP contribution in [0.2, 0.25) is 0 Å². The van der Waals surface area contributed by atoms with Crippen LogP contribution in [0.5, 0.6) is 23.0 Å². The number of pyridine rings is 1. The summed E-state index contributed by atoms with van der Waals surface area (Å²) in [4.78, 5) is 14.3. The first-order valence-corrected chi connectivity index (χ1v) is 13.4. The first-order valence-electron chi connectivity index (χ1n) is 13.4. The van der Waals surface area contributed by atoms with E-state index in [1.807, 2.05) is 66.7 Å². The maximum absolute atomic E-state index is 11.6. The van der Waals surface area contributed by atoms with Crippen molar-refractivity contribution in [2.45, 2.75) is 19.1 Å². The van der Waals surface area contributed by atoms with Gasteiger partial charge in [-0.2, -0.15) is 0 Å². The molecule has 0 aliphatic rings. The van der Waals surface area contributed by atoms with Crippen molar-refractivity contribution >= 4 is 10.9 Å². The van der Waals surface area contributed by atoms with Gasteiger partial charge in [0.25, 0.3) is 0 Å². The lowest BCUT2D eigenvalue weighted by Gasteiger charge is -2.15. The van der Waals surface area contributed by atoms with Crippen molar-refractivity contribution in [3.8, 4) is 34.1 Å². The lowest BCUT2D eigenvalue weighted by atomic mass is 10.0. The van der Waals surface area contributed by atoms with Crippen molar-refractivity contribution in [2.24, 2.45) is 5.73 Å². The van der Waals surface area contributed by atoms with E-state index in [0.717, 1.165) is 40.2 Å². The normalized spacial score (nSPS) is 11.9. The number of benzene rings is 4. The molecule has 1 atom stereocenters. The number of aromatic amines is 1. The summed E-state index contributed by atoms with van der Waals surface area (Å²) in [5.41, 5.74) is 10.5. The molecule has 0 saturated heterocycles. The van der Waals surface area contributed by atoms with E-state index in [0.29, 0.717) is 41.9 Å². The fraction of sp³-hybridized carbons (Fsp3) is 0.182. The summed E-state index contributed by atoms with van der Waals surface area (Å²) in [6.07, 6.45) is -0.0324. The topological polar surface area (TPSA) is 130 Å². The average molecular weight is 552 g/mol. The number of phenolic OH excluding ortho intramolecular Hbond substituents is 1. The summed E-state index contributed by atoms with van der Waals surface area (Å²) in [7, 11) is 1.65. The number of phenols is 1. The van der Waals surface area contributed by atoms with E-state index in [2.05, 4.69) is 10.3 Å². The van der Waals surface area contributed by atoms with Crippen LogP contribution >= 0.6 is 0 Å². The van der Waals surface area contributed by atoms with Gasteiger partial charge in [-0.15, -0.1) is 0 Å². The van der Waals surface area contributed by atoms with Gasteiger partial charge in [0.05, 0.1) is 18.7 Å². The molecule has 0 saturated carbocycles. The lowest BCUT2D eigenvalue weighted by Crippen LogP contribution is -2.24. The molecule has 8 nitrogen and oxygen atoms in total. The second kappa shape index (κ2) is 12.7. The Morgan fingerprint density at radius 3 is 2.37 bits per heavy atom. The maximum Gasteiger partial charge on any atom is 0.248 e. The average Bonchev–Trinajstić information content (AvgIpc) is 3.00. The van der Waals surface area contributed by atoms with Crippen LogP contribution < -0.4 is 26.1 Å². The minimum Gasteiger partial charge on any atom is -0.506 e. The van der Waals surface area contributed by atoms with Gasteiger partial charge in [-0.05, 0) is 77.7 Å². The summed E-state index contributed by atoms with van der Waals surface area (Å²) in [5.74, 6) is 2.17. The van der Waals surface area contributed by atoms with Crippen LogP contribution in [0.3, 0.4) is 0 Å². The molecular weight excluding hydrogens is 518 g/mol. The Balaban J connectivity index is 1.17. The van der Waals surface area contributed by atoms with Gasteiger partial charge in [0, 0.05) is 30.1 Å². The van der Waals surface area contributed by atoms with Crippen LogP contribution in [0, 0.1) is 0 Å². The highest BCUT2D eigenvalue weighted by Crippen LogP contribution is 2.35. The summed E-state index contributed by atoms with van der Waals surface area (Å²) in [5, 5.41) is 24.7. The van der Waals surface area contributed by atoms with Crippen molar-refractivity contribution in [2.75, 3.05) is 20.2 Å². The fourth-order valence-electron chi connectivity index (χ4n) is 4.79. The minimum absolute atomic E-state index is 0.0286. The molecule has 210 valence electrons. The second-order valence-electron chi connectivity index (χ2n) is 9.76. The van der Waals surface area contributed by atoms with Crippen LogP contribution in [0.4, 0.5) is 0 Å². The molecule has 0 fully saturated rings. The molecule has 4 aromatic carbocycles. The molecule has 1 aromatic heterocycles. The van der Waals surface area contributed by atoms with Gasteiger partial charge in [0.15, 0.2) is 0 Å². The third-order valence-electron chi connectivity index (χ3n) is 7.02. The van der Waals surface area contributed by atoms with Crippen LogP contribution in [0.25, 0.3) is 22.0 Å². The number of aromatic hydroxyl groups is 1. The number of nitrogens with two attached hydrogens (primary N) is 1. The molecule has 0 aliphatic carbocycles. The molecule has 0 radical (unpaired) electrons. The molecule has 1 unspecified atom stereocenters.